The second-order valence-corrected chi connectivity index (χ2v) is 7.23. The maximum absolute atomic E-state index is 13.0. The summed E-state index contributed by atoms with van der Waals surface area (Å²) in [6.45, 7) is 5.27. The zero-order valence-corrected chi connectivity index (χ0v) is 15.4. The molecule has 1 N–H and O–H groups in total. The third kappa shape index (κ3) is 4.31. The normalized spacial score (nSPS) is 14.7. The highest BCUT2D eigenvalue weighted by Gasteiger charge is 2.30. The number of carbonyl (C=O) groups excluding carboxylic acids is 2. The van der Waals surface area contributed by atoms with Crippen molar-refractivity contribution in [3.8, 4) is 0 Å². The van der Waals surface area contributed by atoms with Gasteiger partial charge < -0.3 is 10.2 Å². The van der Waals surface area contributed by atoms with Crippen LogP contribution < -0.4 is 5.32 Å². The Kier molecular flexibility index (Phi) is 5.71. The maximum Gasteiger partial charge on any atom is 0.245 e. The Morgan fingerprint density at radius 3 is 2.35 bits per heavy atom. The monoisotopic (exact) mass is 350 g/mol. The molecule has 3 rings (SSSR count). The van der Waals surface area contributed by atoms with E-state index in [0.717, 1.165) is 12.0 Å². The van der Waals surface area contributed by atoms with Gasteiger partial charge in [0, 0.05) is 13.1 Å². The minimum Gasteiger partial charge on any atom is -0.344 e. The van der Waals surface area contributed by atoms with Gasteiger partial charge in [-0.25, -0.2) is 0 Å². The predicted molar refractivity (Wildman–Crippen MR) is 102 cm³/mol. The summed E-state index contributed by atoms with van der Waals surface area (Å²) < 4.78 is 0. The summed E-state index contributed by atoms with van der Waals surface area (Å²) in [5.74, 6) is -0.0593. The standard InChI is InChI=1S/C22H26N2O2/c1-16(2)21(23-20(25)14-17-8-4-3-5-9-17)22(26)24-13-12-18-10-6-7-11-19(18)15-24/h3-11,16,21H,12-15H2,1-2H3,(H,23,25)/t21-/m1/s1. The molecule has 1 aliphatic rings. The van der Waals surface area contributed by atoms with Crippen molar-refractivity contribution in [2.24, 2.45) is 5.92 Å². The average molecular weight is 350 g/mol. The van der Waals surface area contributed by atoms with Crippen LogP contribution in [0.25, 0.3) is 0 Å². The van der Waals surface area contributed by atoms with Gasteiger partial charge in [-0.05, 0) is 29.0 Å². The van der Waals surface area contributed by atoms with Crippen LogP contribution in [0.4, 0.5) is 0 Å². The van der Waals surface area contributed by atoms with E-state index in [2.05, 4.69) is 17.4 Å². The van der Waals surface area contributed by atoms with E-state index in [1.807, 2.05) is 61.2 Å². The van der Waals surface area contributed by atoms with E-state index in [1.165, 1.54) is 11.1 Å². The summed E-state index contributed by atoms with van der Waals surface area (Å²) in [6, 6.07) is 17.4. The Balaban J connectivity index is 1.66. The van der Waals surface area contributed by atoms with Gasteiger partial charge in [-0.15, -0.1) is 0 Å². The molecule has 2 amide bonds. The third-order valence-corrected chi connectivity index (χ3v) is 4.90. The highest BCUT2D eigenvalue weighted by Crippen LogP contribution is 2.20. The lowest BCUT2D eigenvalue weighted by molar-refractivity contribution is -0.138. The fourth-order valence-corrected chi connectivity index (χ4v) is 3.40. The van der Waals surface area contributed by atoms with Gasteiger partial charge in [0.05, 0.1) is 6.42 Å². The lowest BCUT2D eigenvalue weighted by Crippen LogP contribution is -2.52. The van der Waals surface area contributed by atoms with E-state index in [0.29, 0.717) is 19.5 Å². The number of amides is 2. The van der Waals surface area contributed by atoms with Gasteiger partial charge in [0.15, 0.2) is 0 Å². The molecule has 0 bridgehead atoms. The summed E-state index contributed by atoms with van der Waals surface area (Å²) in [6.07, 6.45) is 1.16. The Morgan fingerprint density at radius 2 is 1.65 bits per heavy atom. The highest BCUT2D eigenvalue weighted by atomic mass is 16.2. The Morgan fingerprint density at radius 1 is 1.00 bits per heavy atom. The number of carbonyl (C=O) groups is 2. The lowest BCUT2D eigenvalue weighted by atomic mass is 9.97. The molecule has 0 fully saturated rings. The van der Waals surface area contributed by atoms with E-state index in [9.17, 15) is 9.59 Å². The Bertz CT molecular complexity index is 771. The summed E-state index contributed by atoms with van der Waals surface area (Å²) in [5.41, 5.74) is 3.46. The fraction of sp³-hybridized carbons (Fsp3) is 0.364. The molecule has 2 aromatic rings. The van der Waals surface area contributed by atoms with Gasteiger partial charge >= 0.3 is 0 Å². The van der Waals surface area contributed by atoms with Crippen LogP contribution >= 0.6 is 0 Å². The SMILES string of the molecule is CC(C)[C@@H](NC(=O)Cc1ccccc1)C(=O)N1CCc2ccccc2C1. The fourth-order valence-electron chi connectivity index (χ4n) is 3.40. The van der Waals surface area contributed by atoms with Gasteiger partial charge in [-0.3, -0.25) is 9.59 Å². The lowest BCUT2D eigenvalue weighted by Gasteiger charge is -2.33. The highest BCUT2D eigenvalue weighted by molar-refractivity contribution is 5.88. The largest absolute Gasteiger partial charge is 0.344 e. The van der Waals surface area contributed by atoms with Crippen molar-refractivity contribution < 1.29 is 9.59 Å². The Labute approximate surface area is 155 Å². The topological polar surface area (TPSA) is 49.4 Å². The molecule has 0 saturated heterocycles. The minimum atomic E-state index is -0.489. The maximum atomic E-state index is 13.0. The van der Waals surface area contributed by atoms with Crippen LogP contribution in [0.3, 0.4) is 0 Å². The smallest absolute Gasteiger partial charge is 0.245 e. The van der Waals surface area contributed by atoms with Crippen molar-refractivity contribution in [2.45, 2.75) is 39.3 Å². The first-order valence-corrected chi connectivity index (χ1v) is 9.23. The van der Waals surface area contributed by atoms with Crippen molar-refractivity contribution in [3.05, 3.63) is 71.3 Å². The van der Waals surface area contributed by atoms with Gasteiger partial charge in [0.2, 0.25) is 11.8 Å². The first-order valence-electron chi connectivity index (χ1n) is 9.23. The van der Waals surface area contributed by atoms with Crippen LogP contribution in [0.2, 0.25) is 0 Å². The summed E-state index contributed by atoms with van der Waals surface area (Å²) in [5, 5.41) is 2.96. The molecular weight excluding hydrogens is 324 g/mol. The number of nitrogens with one attached hydrogen (secondary N) is 1. The van der Waals surface area contributed by atoms with Crippen LogP contribution in [0.15, 0.2) is 54.6 Å². The zero-order valence-electron chi connectivity index (χ0n) is 15.4. The average Bonchev–Trinajstić information content (AvgIpc) is 2.65. The van der Waals surface area contributed by atoms with Gasteiger partial charge in [0.1, 0.15) is 6.04 Å². The Hall–Kier alpha value is -2.62. The number of hydrogen-bond acceptors (Lipinski definition) is 2. The molecule has 0 aliphatic carbocycles. The quantitative estimate of drug-likeness (QED) is 0.901. The molecule has 0 unspecified atom stereocenters. The van der Waals surface area contributed by atoms with Crippen molar-refractivity contribution >= 4 is 11.8 Å². The van der Waals surface area contributed by atoms with Gasteiger partial charge in [-0.2, -0.15) is 0 Å². The van der Waals surface area contributed by atoms with Crippen molar-refractivity contribution in [2.75, 3.05) is 6.54 Å². The second-order valence-electron chi connectivity index (χ2n) is 7.23. The molecular formula is C22H26N2O2. The second kappa shape index (κ2) is 8.17. The molecule has 0 spiro atoms. The summed E-state index contributed by atoms with van der Waals surface area (Å²) in [4.78, 5) is 27.4. The van der Waals surface area contributed by atoms with E-state index in [-0.39, 0.29) is 17.7 Å². The zero-order chi connectivity index (χ0) is 18.5. The first-order chi connectivity index (χ1) is 12.5. The van der Waals surface area contributed by atoms with Crippen LogP contribution in [-0.4, -0.2) is 29.3 Å². The van der Waals surface area contributed by atoms with E-state index < -0.39 is 6.04 Å². The molecule has 4 heteroatoms. The van der Waals surface area contributed by atoms with Crippen LogP contribution in [0.5, 0.6) is 0 Å². The van der Waals surface area contributed by atoms with E-state index in [1.54, 1.807) is 0 Å². The first kappa shape index (κ1) is 18.2. The summed E-state index contributed by atoms with van der Waals surface area (Å²) in [7, 11) is 0. The number of rotatable bonds is 5. The van der Waals surface area contributed by atoms with Gasteiger partial charge in [-0.1, -0.05) is 68.4 Å². The number of nitrogens with zero attached hydrogens (tertiary/aromatic N) is 1. The molecule has 2 aromatic carbocycles. The number of fused-ring (bicyclic) bond motifs is 1. The van der Waals surface area contributed by atoms with Crippen molar-refractivity contribution in [3.63, 3.8) is 0 Å². The van der Waals surface area contributed by atoms with Crippen LogP contribution in [0.1, 0.15) is 30.5 Å². The van der Waals surface area contributed by atoms with E-state index in [4.69, 9.17) is 0 Å². The minimum absolute atomic E-state index is 0.0101. The third-order valence-electron chi connectivity index (χ3n) is 4.90. The molecule has 1 heterocycles. The molecule has 4 nitrogen and oxygen atoms in total. The number of hydrogen-bond donors (Lipinski definition) is 1. The van der Waals surface area contributed by atoms with Crippen LogP contribution in [-0.2, 0) is 29.0 Å². The molecule has 1 aliphatic heterocycles. The predicted octanol–water partition coefficient (Wildman–Crippen LogP) is 2.95. The molecule has 0 aromatic heterocycles. The molecule has 0 saturated carbocycles. The van der Waals surface area contributed by atoms with Crippen LogP contribution in [0, 0.1) is 5.92 Å². The van der Waals surface area contributed by atoms with E-state index >= 15 is 0 Å². The van der Waals surface area contributed by atoms with Gasteiger partial charge in [0.25, 0.3) is 0 Å². The summed E-state index contributed by atoms with van der Waals surface area (Å²) >= 11 is 0. The molecule has 26 heavy (non-hydrogen) atoms. The van der Waals surface area contributed by atoms with Crippen molar-refractivity contribution in [1.82, 2.24) is 10.2 Å². The number of benzene rings is 2. The van der Waals surface area contributed by atoms with Crippen molar-refractivity contribution in [1.29, 1.82) is 0 Å². The molecule has 136 valence electrons. The molecule has 1 atom stereocenters. The molecule has 0 radical (unpaired) electrons.